The summed E-state index contributed by atoms with van der Waals surface area (Å²) in [6.07, 6.45) is 1.69. The molecule has 2 aromatic carbocycles. The van der Waals surface area contributed by atoms with E-state index in [1.165, 1.54) is 18.9 Å². The number of rotatable bonds is 6. The molecule has 150 valence electrons. The predicted molar refractivity (Wildman–Crippen MR) is 120 cm³/mol. The van der Waals surface area contributed by atoms with Gasteiger partial charge in [-0.05, 0) is 17.7 Å². The number of amides is 1. The fourth-order valence-corrected chi connectivity index (χ4v) is 4.23. The number of carbonyl (C=O) groups excluding carboxylic acids is 1. The van der Waals surface area contributed by atoms with Crippen molar-refractivity contribution in [1.29, 1.82) is 0 Å². The van der Waals surface area contributed by atoms with Gasteiger partial charge in [-0.25, -0.2) is 4.84 Å². The van der Waals surface area contributed by atoms with Crippen molar-refractivity contribution in [2.45, 2.75) is 6.54 Å². The van der Waals surface area contributed by atoms with Crippen molar-refractivity contribution in [2.24, 2.45) is 0 Å². The third-order valence-electron chi connectivity index (χ3n) is 4.46. The van der Waals surface area contributed by atoms with Gasteiger partial charge < -0.3 is 4.42 Å². The first-order valence-corrected chi connectivity index (χ1v) is 10.3. The zero-order chi connectivity index (χ0) is 21.1. The first kappa shape index (κ1) is 20.1. The summed E-state index contributed by atoms with van der Waals surface area (Å²) in [6, 6.07) is 20.2. The molecule has 1 aromatic heterocycles. The van der Waals surface area contributed by atoms with E-state index in [0.717, 1.165) is 11.1 Å². The van der Waals surface area contributed by atoms with E-state index in [1.54, 1.807) is 41.3 Å². The normalized spacial score (nSPS) is 15.1. The minimum absolute atomic E-state index is 0.143. The Morgan fingerprint density at radius 1 is 1.13 bits per heavy atom. The van der Waals surface area contributed by atoms with Gasteiger partial charge in [-0.3, -0.25) is 9.69 Å². The van der Waals surface area contributed by atoms with E-state index in [4.69, 9.17) is 16.6 Å². The molecule has 0 N–H and O–H groups in total. The van der Waals surface area contributed by atoms with E-state index < -0.39 is 0 Å². The second kappa shape index (κ2) is 8.64. The van der Waals surface area contributed by atoms with E-state index in [0.29, 0.717) is 37.9 Å². The van der Waals surface area contributed by atoms with Crippen LogP contribution in [-0.4, -0.2) is 27.2 Å². The topological polar surface area (TPSA) is 62.8 Å². The first-order chi connectivity index (χ1) is 14.5. The van der Waals surface area contributed by atoms with Crippen LogP contribution in [0.2, 0.25) is 0 Å². The van der Waals surface area contributed by atoms with Crippen molar-refractivity contribution >= 4 is 46.0 Å². The maximum Gasteiger partial charge on any atom is 0.317 e. The first-order valence-electron chi connectivity index (χ1n) is 9.06. The molecule has 1 saturated heterocycles. The van der Waals surface area contributed by atoms with E-state index >= 15 is 0 Å². The molecule has 0 spiro atoms. The minimum atomic E-state index is -0.143. The van der Waals surface area contributed by atoms with E-state index in [-0.39, 0.29) is 5.91 Å². The lowest BCUT2D eigenvalue weighted by Gasteiger charge is -2.14. The highest BCUT2D eigenvalue weighted by Crippen LogP contribution is 2.34. The average molecular weight is 438 g/mol. The molecular formula is C22H17N2O4S2+. The number of hydrogen-bond acceptors (Lipinski definition) is 6. The molecule has 0 radical (unpaired) electrons. The largest absolute Gasteiger partial charge is 0.457 e. The molecule has 1 amide bonds. The molecule has 2 heterocycles. The third kappa shape index (κ3) is 4.19. The second-order valence-electron chi connectivity index (χ2n) is 6.45. The van der Waals surface area contributed by atoms with Crippen LogP contribution in [0.5, 0.6) is 0 Å². The summed E-state index contributed by atoms with van der Waals surface area (Å²) < 4.78 is 6.39. The lowest BCUT2D eigenvalue weighted by atomic mass is 10.1. The van der Waals surface area contributed by atoms with Crippen LogP contribution < -0.4 is 0 Å². The molecule has 30 heavy (non-hydrogen) atoms. The molecular weight excluding hydrogens is 420 g/mol. The predicted octanol–water partition coefficient (Wildman–Crippen LogP) is 5.32. The number of thioether (sulfide) groups is 1. The molecule has 1 aliphatic heterocycles. The van der Waals surface area contributed by atoms with Crippen LogP contribution in [0.15, 0.2) is 76.1 Å². The van der Waals surface area contributed by atoms with Gasteiger partial charge in [-0.15, -0.1) is 0 Å². The molecule has 0 atom stereocenters. The average Bonchev–Trinajstić information content (AvgIpc) is 3.34. The summed E-state index contributed by atoms with van der Waals surface area (Å²) >= 11 is 6.65. The zero-order valence-electron chi connectivity index (χ0n) is 16.0. The number of nitrogens with zero attached hydrogens (tertiary/aromatic N) is 2. The number of hydrogen-bond donors (Lipinski definition) is 0. The molecule has 0 saturated carbocycles. The van der Waals surface area contributed by atoms with Crippen molar-refractivity contribution in [2.75, 3.05) is 7.11 Å². The third-order valence-corrected chi connectivity index (χ3v) is 5.84. The van der Waals surface area contributed by atoms with E-state index in [9.17, 15) is 9.70 Å². The van der Waals surface area contributed by atoms with Crippen LogP contribution >= 0.6 is 24.0 Å². The second-order valence-corrected chi connectivity index (χ2v) is 8.12. The van der Waals surface area contributed by atoms with Crippen molar-refractivity contribution in [1.82, 2.24) is 4.90 Å². The Morgan fingerprint density at radius 2 is 1.93 bits per heavy atom. The van der Waals surface area contributed by atoms with Crippen molar-refractivity contribution in [3.8, 4) is 11.3 Å². The zero-order valence-corrected chi connectivity index (χ0v) is 17.6. The van der Waals surface area contributed by atoms with Gasteiger partial charge in [0.25, 0.3) is 10.8 Å². The lowest BCUT2D eigenvalue weighted by Crippen LogP contribution is -2.27. The molecule has 1 fully saturated rings. The van der Waals surface area contributed by atoms with Gasteiger partial charge in [-0.2, -0.15) is 0 Å². The standard InChI is InChI=1S/C22H17N2O4S2/c1-27-24(26)17-9-5-8-16(12-17)19-11-10-18(28-19)13-20-21(25)23(22(29)30-20)14-15-6-3-2-4-7-15/h2-13H,14H2,1H3/q+1/b20-13+. The van der Waals surface area contributed by atoms with Crippen LogP contribution in [0.25, 0.3) is 17.4 Å². The highest BCUT2D eigenvalue weighted by atomic mass is 32.2. The number of furan rings is 1. The maximum absolute atomic E-state index is 12.8. The van der Waals surface area contributed by atoms with Gasteiger partial charge in [-0.1, -0.05) is 66.4 Å². The molecule has 6 nitrogen and oxygen atoms in total. The van der Waals surface area contributed by atoms with Gasteiger partial charge in [0, 0.05) is 23.8 Å². The van der Waals surface area contributed by atoms with Gasteiger partial charge >= 0.3 is 5.69 Å². The van der Waals surface area contributed by atoms with Crippen molar-refractivity contribution in [3.63, 3.8) is 0 Å². The molecule has 4 rings (SSSR count). The number of thiocarbonyl (C=S) groups is 1. The fraction of sp³-hybridized carbons (Fsp3) is 0.0909. The van der Waals surface area contributed by atoms with Gasteiger partial charge in [0.2, 0.25) is 0 Å². The van der Waals surface area contributed by atoms with E-state index in [2.05, 4.69) is 4.84 Å². The fourth-order valence-electron chi connectivity index (χ4n) is 3.00. The van der Waals surface area contributed by atoms with Gasteiger partial charge in [0.15, 0.2) is 7.11 Å². The SMILES string of the molecule is CO[N+](=O)c1cccc(-c2ccc(/C=C3/SC(=S)N(Cc4ccccc4)C3=O)o2)c1. The van der Waals surface area contributed by atoms with Gasteiger partial charge in [0.1, 0.15) is 15.8 Å². The highest BCUT2D eigenvalue weighted by Gasteiger charge is 2.32. The summed E-state index contributed by atoms with van der Waals surface area (Å²) in [5.74, 6) is 0.963. The summed E-state index contributed by atoms with van der Waals surface area (Å²) in [6.45, 7) is 0.435. The highest BCUT2D eigenvalue weighted by molar-refractivity contribution is 8.26. The van der Waals surface area contributed by atoms with E-state index in [1.807, 2.05) is 36.4 Å². The summed E-state index contributed by atoms with van der Waals surface area (Å²) in [7, 11) is 1.30. The smallest absolute Gasteiger partial charge is 0.317 e. The summed E-state index contributed by atoms with van der Waals surface area (Å²) in [5, 5.41) is 0. The van der Waals surface area contributed by atoms with Crippen molar-refractivity contribution < 1.29 is 19.0 Å². The molecule has 0 unspecified atom stereocenters. The maximum atomic E-state index is 12.8. The van der Waals surface area contributed by atoms with Crippen LogP contribution in [0.1, 0.15) is 11.3 Å². The summed E-state index contributed by atoms with van der Waals surface area (Å²) in [4.78, 5) is 31.7. The molecule has 1 aliphatic rings. The Labute approximate surface area is 182 Å². The lowest BCUT2D eigenvalue weighted by molar-refractivity contribution is -0.736. The molecule has 0 aliphatic carbocycles. The monoisotopic (exact) mass is 437 g/mol. The molecule has 3 aromatic rings. The Bertz CT molecular complexity index is 1150. The Kier molecular flexibility index (Phi) is 5.78. The Hall–Kier alpha value is -3.23. The van der Waals surface area contributed by atoms with Gasteiger partial charge in [0.05, 0.1) is 16.4 Å². The number of carbonyl (C=O) groups is 1. The van der Waals surface area contributed by atoms with Crippen LogP contribution in [0, 0.1) is 4.91 Å². The van der Waals surface area contributed by atoms with Crippen LogP contribution in [0.4, 0.5) is 5.69 Å². The molecule has 8 heteroatoms. The molecule has 0 bridgehead atoms. The summed E-state index contributed by atoms with van der Waals surface area (Å²) in [5.41, 5.74) is 2.09. The van der Waals surface area contributed by atoms with Crippen LogP contribution in [-0.2, 0) is 16.2 Å². The van der Waals surface area contributed by atoms with Crippen molar-refractivity contribution in [3.05, 3.63) is 87.9 Å². The Balaban J connectivity index is 1.54. The quantitative estimate of drug-likeness (QED) is 0.295. The minimum Gasteiger partial charge on any atom is -0.457 e. The number of benzene rings is 2. The van der Waals surface area contributed by atoms with Crippen LogP contribution in [0.3, 0.4) is 0 Å². The Morgan fingerprint density at radius 3 is 2.70 bits per heavy atom.